The summed E-state index contributed by atoms with van der Waals surface area (Å²) in [5, 5.41) is 6.31. The molecule has 5 nitrogen and oxygen atoms in total. The number of hydrogen-bond donors (Lipinski definition) is 2. The quantitative estimate of drug-likeness (QED) is 0.898. The van der Waals surface area contributed by atoms with Gasteiger partial charge in [-0.2, -0.15) is 0 Å². The average molecular weight is 339 g/mol. The summed E-state index contributed by atoms with van der Waals surface area (Å²) in [6.07, 6.45) is 2.35. The monoisotopic (exact) mass is 339 g/mol. The summed E-state index contributed by atoms with van der Waals surface area (Å²) in [5.41, 5.74) is 2.01. The first kappa shape index (κ1) is 16.2. The number of rotatable bonds is 4. The fourth-order valence-corrected chi connectivity index (χ4v) is 4.18. The largest absolute Gasteiger partial charge is 0.451 e. The Morgan fingerprint density at radius 3 is 2.48 bits per heavy atom. The maximum atomic E-state index is 12.6. The lowest BCUT2D eigenvalue weighted by Crippen LogP contribution is -2.62. The van der Waals surface area contributed by atoms with Crippen molar-refractivity contribution in [2.45, 2.75) is 31.8 Å². The van der Waals surface area contributed by atoms with Crippen molar-refractivity contribution in [2.75, 3.05) is 25.5 Å². The molecule has 1 amide bonds. The SMILES string of the molecule is CNc1ccc(-c2ccc(C(=O)N[C@@H]3C4CCN(CC4)[C@H]3C)o2)cc1. The number of nitrogens with zero attached hydrogens (tertiary/aromatic N) is 1. The van der Waals surface area contributed by atoms with E-state index in [4.69, 9.17) is 4.42 Å². The number of furan rings is 1. The van der Waals surface area contributed by atoms with Crippen LogP contribution in [0.1, 0.15) is 30.3 Å². The summed E-state index contributed by atoms with van der Waals surface area (Å²) in [6.45, 7) is 4.53. The summed E-state index contributed by atoms with van der Waals surface area (Å²) in [5.74, 6) is 1.59. The van der Waals surface area contributed by atoms with Crippen LogP contribution in [0.4, 0.5) is 5.69 Å². The summed E-state index contributed by atoms with van der Waals surface area (Å²) < 4.78 is 5.82. The Labute approximate surface area is 148 Å². The van der Waals surface area contributed by atoms with E-state index in [0.29, 0.717) is 17.7 Å². The standard InChI is InChI=1S/C20H25N3O2/c1-13-19(15-9-11-23(13)12-10-15)22-20(24)18-8-7-17(25-18)14-3-5-16(21-2)6-4-14/h3-8,13,15,19,21H,9-12H2,1-2H3,(H,22,24)/t13-,19-/m0/s1. The van der Waals surface area contributed by atoms with Crippen molar-refractivity contribution in [2.24, 2.45) is 5.92 Å². The molecule has 0 saturated carbocycles. The maximum Gasteiger partial charge on any atom is 0.287 e. The second-order valence-electron chi connectivity index (χ2n) is 7.10. The zero-order chi connectivity index (χ0) is 17.4. The fraction of sp³-hybridized carbons (Fsp3) is 0.450. The molecule has 3 aliphatic heterocycles. The lowest BCUT2D eigenvalue weighted by molar-refractivity contribution is 0.0211. The molecule has 4 heterocycles. The smallest absolute Gasteiger partial charge is 0.287 e. The van der Waals surface area contributed by atoms with Crippen LogP contribution in [0.2, 0.25) is 0 Å². The Morgan fingerprint density at radius 1 is 1.12 bits per heavy atom. The molecule has 3 aliphatic rings. The van der Waals surface area contributed by atoms with Gasteiger partial charge in [0.05, 0.1) is 0 Å². The van der Waals surface area contributed by atoms with Crippen molar-refractivity contribution in [3.05, 3.63) is 42.2 Å². The van der Waals surface area contributed by atoms with Gasteiger partial charge in [0, 0.05) is 30.4 Å². The highest BCUT2D eigenvalue weighted by Gasteiger charge is 2.40. The summed E-state index contributed by atoms with van der Waals surface area (Å²) in [4.78, 5) is 15.1. The number of anilines is 1. The predicted octanol–water partition coefficient (Wildman–Crippen LogP) is 3.20. The van der Waals surface area contributed by atoms with Gasteiger partial charge in [-0.3, -0.25) is 9.69 Å². The molecule has 2 bridgehead atoms. The molecule has 0 aliphatic carbocycles. The molecule has 3 fully saturated rings. The van der Waals surface area contributed by atoms with Crippen molar-refractivity contribution in [3.8, 4) is 11.3 Å². The minimum atomic E-state index is -0.108. The number of piperidine rings is 3. The molecule has 5 heteroatoms. The Morgan fingerprint density at radius 2 is 1.84 bits per heavy atom. The highest BCUT2D eigenvalue weighted by molar-refractivity contribution is 5.92. The van der Waals surface area contributed by atoms with Gasteiger partial charge in [-0.25, -0.2) is 0 Å². The molecule has 0 radical (unpaired) electrons. The maximum absolute atomic E-state index is 12.6. The van der Waals surface area contributed by atoms with Crippen LogP contribution in [0.5, 0.6) is 0 Å². The Bertz CT molecular complexity index is 743. The van der Waals surface area contributed by atoms with E-state index in [-0.39, 0.29) is 11.9 Å². The van der Waals surface area contributed by atoms with Crippen LogP contribution in [-0.4, -0.2) is 43.0 Å². The number of carbonyl (C=O) groups is 1. The molecular formula is C20H25N3O2. The normalized spacial score (nSPS) is 27.9. The van der Waals surface area contributed by atoms with E-state index in [2.05, 4.69) is 22.5 Å². The highest BCUT2D eigenvalue weighted by atomic mass is 16.3. The van der Waals surface area contributed by atoms with Crippen molar-refractivity contribution >= 4 is 11.6 Å². The number of hydrogen-bond acceptors (Lipinski definition) is 4. The van der Waals surface area contributed by atoms with Crippen molar-refractivity contribution in [3.63, 3.8) is 0 Å². The Kier molecular flexibility index (Phi) is 4.25. The number of amides is 1. The van der Waals surface area contributed by atoms with E-state index in [1.54, 1.807) is 6.07 Å². The molecule has 2 aromatic rings. The summed E-state index contributed by atoms with van der Waals surface area (Å²) in [7, 11) is 1.89. The van der Waals surface area contributed by atoms with E-state index in [1.165, 1.54) is 12.8 Å². The topological polar surface area (TPSA) is 57.5 Å². The van der Waals surface area contributed by atoms with Gasteiger partial charge in [-0.05, 0) is 75.2 Å². The zero-order valence-corrected chi connectivity index (χ0v) is 14.8. The fourth-order valence-electron chi connectivity index (χ4n) is 4.18. The van der Waals surface area contributed by atoms with Crippen LogP contribution < -0.4 is 10.6 Å². The molecule has 1 aromatic heterocycles. The minimum Gasteiger partial charge on any atom is -0.451 e. The van der Waals surface area contributed by atoms with Gasteiger partial charge in [0.15, 0.2) is 5.76 Å². The third-order valence-electron chi connectivity index (χ3n) is 5.76. The van der Waals surface area contributed by atoms with E-state index in [1.807, 2.05) is 37.4 Å². The molecule has 3 saturated heterocycles. The highest BCUT2D eigenvalue weighted by Crippen LogP contribution is 2.32. The molecule has 0 unspecified atom stereocenters. The van der Waals surface area contributed by atoms with Gasteiger partial charge >= 0.3 is 0 Å². The molecule has 5 rings (SSSR count). The van der Waals surface area contributed by atoms with Crippen molar-refractivity contribution < 1.29 is 9.21 Å². The molecule has 25 heavy (non-hydrogen) atoms. The Balaban J connectivity index is 1.47. The Hall–Kier alpha value is -2.27. The molecule has 0 spiro atoms. The van der Waals surface area contributed by atoms with E-state index in [9.17, 15) is 4.79 Å². The first-order chi connectivity index (χ1) is 12.2. The number of nitrogens with one attached hydrogen (secondary N) is 2. The van der Waals surface area contributed by atoms with Crippen LogP contribution in [0.3, 0.4) is 0 Å². The molecule has 132 valence electrons. The average Bonchev–Trinajstić information content (AvgIpc) is 3.15. The van der Waals surface area contributed by atoms with Gasteiger partial charge in [-0.15, -0.1) is 0 Å². The number of carbonyl (C=O) groups excluding carboxylic acids is 1. The molecular weight excluding hydrogens is 314 g/mol. The van der Waals surface area contributed by atoms with Crippen LogP contribution in [0.15, 0.2) is 40.8 Å². The van der Waals surface area contributed by atoms with Crippen molar-refractivity contribution in [1.29, 1.82) is 0 Å². The second-order valence-corrected chi connectivity index (χ2v) is 7.10. The number of benzene rings is 1. The summed E-state index contributed by atoms with van der Waals surface area (Å²) in [6, 6.07) is 12.2. The summed E-state index contributed by atoms with van der Waals surface area (Å²) >= 11 is 0. The third kappa shape index (κ3) is 3.04. The van der Waals surface area contributed by atoms with Gasteiger partial charge in [0.2, 0.25) is 0 Å². The minimum absolute atomic E-state index is 0.108. The van der Waals surface area contributed by atoms with Gasteiger partial charge in [0.25, 0.3) is 5.91 Å². The molecule has 1 aromatic carbocycles. The molecule has 2 atom stereocenters. The first-order valence-corrected chi connectivity index (χ1v) is 9.08. The lowest BCUT2D eigenvalue weighted by atomic mass is 9.79. The van der Waals surface area contributed by atoms with Crippen molar-refractivity contribution in [1.82, 2.24) is 10.2 Å². The van der Waals surface area contributed by atoms with Crippen LogP contribution in [0.25, 0.3) is 11.3 Å². The second kappa shape index (κ2) is 6.56. The van der Waals surface area contributed by atoms with Crippen LogP contribution in [0, 0.1) is 5.92 Å². The van der Waals surface area contributed by atoms with Gasteiger partial charge < -0.3 is 15.1 Å². The van der Waals surface area contributed by atoms with Crippen LogP contribution >= 0.6 is 0 Å². The first-order valence-electron chi connectivity index (χ1n) is 9.08. The number of fused-ring (bicyclic) bond motifs is 3. The van der Waals surface area contributed by atoms with Crippen LogP contribution in [-0.2, 0) is 0 Å². The lowest BCUT2D eigenvalue weighted by Gasteiger charge is -2.49. The van der Waals surface area contributed by atoms with E-state index >= 15 is 0 Å². The molecule has 2 N–H and O–H groups in total. The van der Waals surface area contributed by atoms with E-state index in [0.717, 1.165) is 30.1 Å². The van der Waals surface area contributed by atoms with Gasteiger partial charge in [-0.1, -0.05) is 0 Å². The zero-order valence-electron chi connectivity index (χ0n) is 14.8. The third-order valence-corrected chi connectivity index (χ3v) is 5.76. The predicted molar refractivity (Wildman–Crippen MR) is 98.7 cm³/mol. The van der Waals surface area contributed by atoms with Gasteiger partial charge in [0.1, 0.15) is 5.76 Å². The van der Waals surface area contributed by atoms with E-state index < -0.39 is 0 Å².